The molecule has 1 nitrogen and oxygen atoms in total. The second-order valence-electron chi connectivity index (χ2n) is 4.76. The summed E-state index contributed by atoms with van der Waals surface area (Å²) < 4.78 is 12.7. The molecule has 2 heteroatoms. The predicted molar refractivity (Wildman–Crippen MR) is 66.9 cm³/mol. The van der Waals surface area contributed by atoms with Crippen molar-refractivity contribution in [1.29, 1.82) is 0 Å². The molecular weight excluding hydrogens is 201 g/mol. The van der Waals surface area contributed by atoms with E-state index in [2.05, 4.69) is 26.1 Å². The maximum Gasteiger partial charge on any atom is 0.123 e. The van der Waals surface area contributed by atoms with Gasteiger partial charge in [-0.3, -0.25) is 0 Å². The van der Waals surface area contributed by atoms with Gasteiger partial charge in [0.25, 0.3) is 0 Å². The summed E-state index contributed by atoms with van der Waals surface area (Å²) in [6.07, 6.45) is 2.45. The average molecular weight is 223 g/mol. The molecule has 16 heavy (non-hydrogen) atoms. The minimum atomic E-state index is -0.171. The third kappa shape index (κ3) is 4.75. The molecule has 0 aliphatic carbocycles. The number of hydrogen-bond donors (Lipinski definition) is 1. The minimum Gasteiger partial charge on any atom is -0.310 e. The smallest absolute Gasteiger partial charge is 0.123 e. The van der Waals surface area contributed by atoms with Crippen molar-refractivity contribution in [2.45, 2.75) is 39.7 Å². The monoisotopic (exact) mass is 223 g/mol. The van der Waals surface area contributed by atoms with Crippen LogP contribution in [-0.2, 0) is 0 Å². The molecule has 1 N–H and O–H groups in total. The summed E-state index contributed by atoms with van der Waals surface area (Å²) in [4.78, 5) is 0. The predicted octanol–water partition coefficient (Wildman–Crippen LogP) is 3.91. The van der Waals surface area contributed by atoms with Gasteiger partial charge >= 0.3 is 0 Å². The first kappa shape index (κ1) is 13.2. The van der Waals surface area contributed by atoms with Gasteiger partial charge in [-0.25, -0.2) is 4.39 Å². The normalized spacial score (nSPS) is 13.1. The number of halogens is 1. The fraction of sp³-hybridized carbons (Fsp3) is 0.571. The van der Waals surface area contributed by atoms with E-state index in [0.29, 0.717) is 6.04 Å². The van der Waals surface area contributed by atoms with E-state index in [1.54, 1.807) is 0 Å². The molecule has 1 aromatic carbocycles. The Morgan fingerprint density at radius 3 is 2.31 bits per heavy atom. The molecule has 0 saturated heterocycles. The van der Waals surface area contributed by atoms with Gasteiger partial charge in [-0.05, 0) is 49.9 Å². The zero-order valence-electron chi connectivity index (χ0n) is 10.5. The Kier molecular flexibility index (Phi) is 5.47. The first-order valence-corrected chi connectivity index (χ1v) is 6.08. The van der Waals surface area contributed by atoms with Crippen molar-refractivity contribution in [3.8, 4) is 0 Å². The van der Waals surface area contributed by atoms with Crippen LogP contribution in [0.15, 0.2) is 24.3 Å². The van der Waals surface area contributed by atoms with Gasteiger partial charge in [-0.15, -0.1) is 0 Å². The van der Waals surface area contributed by atoms with Gasteiger partial charge in [0.05, 0.1) is 0 Å². The van der Waals surface area contributed by atoms with Crippen LogP contribution in [-0.4, -0.2) is 6.54 Å². The fourth-order valence-corrected chi connectivity index (χ4v) is 1.70. The lowest BCUT2D eigenvalue weighted by molar-refractivity contribution is 0.497. The maximum atomic E-state index is 12.7. The molecule has 0 amide bonds. The summed E-state index contributed by atoms with van der Waals surface area (Å²) in [6.45, 7) is 7.62. The number of rotatable bonds is 6. The van der Waals surface area contributed by atoms with E-state index in [4.69, 9.17) is 0 Å². The molecule has 0 radical (unpaired) electrons. The summed E-state index contributed by atoms with van der Waals surface area (Å²) in [5.41, 5.74) is 1.14. The van der Waals surface area contributed by atoms with Gasteiger partial charge in [0.15, 0.2) is 0 Å². The van der Waals surface area contributed by atoms with E-state index in [0.717, 1.165) is 18.0 Å². The summed E-state index contributed by atoms with van der Waals surface area (Å²) in [5, 5.41) is 3.45. The largest absolute Gasteiger partial charge is 0.310 e. The van der Waals surface area contributed by atoms with Crippen molar-refractivity contribution in [2.75, 3.05) is 6.54 Å². The standard InChI is InChI=1S/C14H22FN/c1-11(2)5-4-10-16-12(3)13-6-8-14(15)9-7-13/h6-9,11-12,16H,4-5,10H2,1-3H3/t12-/m0/s1. The molecule has 0 aromatic heterocycles. The van der Waals surface area contributed by atoms with E-state index in [9.17, 15) is 4.39 Å². The molecule has 0 heterocycles. The van der Waals surface area contributed by atoms with E-state index in [1.807, 2.05) is 12.1 Å². The first-order valence-electron chi connectivity index (χ1n) is 6.08. The van der Waals surface area contributed by atoms with Crippen LogP contribution in [0.3, 0.4) is 0 Å². The van der Waals surface area contributed by atoms with Crippen LogP contribution in [0.4, 0.5) is 4.39 Å². The summed E-state index contributed by atoms with van der Waals surface area (Å²) in [6, 6.07) is 7.02. The van der Waals surface area contributed by atoms with E-state index in [1.165, 1.54) is 25.0 Å². The third-order valence-electron chi connectivity index (χ3n) is 2.78. The van der Waals surface area contributed by atoms with E-state index in [-0.39, 0.29) is 5.82 Å². The highest BCUT2D eigenvalue weighted by Gasteiger charge is 2.04. The Hall–Kier alpha value is -0.890. The van der Waals surface area contributed by atoms with E-state index >= 15 is 0 Å². The molecule has 0 bridgehead atoms. The van der Waals surface area contributed by atoms with Gasteiger partial charge < -0.3 is 5.32 Å². The van der Waals surface area contributed by atoms with Crippen LogP contribution in [0.2, 0.25) is 0 Å². The van der Waals surface area contributed by atoms with Crippen molar-refractivity contribution in [3.63, 3.8) is 0 Å². The van der Waals surface area contributed by atoms with Gasteiger partial charge in [0.1, 0.15) is 5.82 Å². The third-order valence-corrected chi connectivity index (χ3v) is 2.78. The quantitative estimate of drug-likeness (QED) is 0.721. The Morgan fingerprint density at radius 1 is 1.12 bits per heavy atom. The van der Waals surface area contributed by atoms with Gasteiger partial charge in [-0.2, -0.15) is 0 Å². The maximum absolute atomic E-state index is 12.7. The highest BCUT2D eigenvalue weighted by atomic mass is 19.1. The van der Waals surface area contributed by atoms with Crippen LogP contribution in [0.25, 0.3) is 0 Å². The lowest BCUT2D eigenvalue weighted by atomic mass is 10.1. The highest BCUT2D eigenvalue weighted by Crippen LogP contribution is 2.13. The van der Waals surface area contributed by atoms with Crippen molar-refractivity contribution in [2.24, 2.45) is 5.92 Å². The molecule has 1 aromatic rings. The molecule has 1 atom stereocenters. The van der Waals surface area contributed by atoms with Crippen LogP contribution in [0.1, 0.15) is 45.2 Å². The van der Waals surface area contributed by atoms with Crippen LogP contribution >= 0.6 is 0 Å². The molecular formula is C14H22FN. The Bertz CT molecular complexity index is 292. The molecule has 0 saturated carbocycles. The topological polar surface area (TPSA) is 12.0 Å². The van der Waals surface area contributed by atoms with Gasteiger partial charge in [-0.1, -0.05) is 26.0 Å². The molecule has 0 fully saturated rings. The summed E-state index contributed by atoms with van der Waals surface area (Å²) in [5.74, 6) is 0.596. The number of hydrogen-bond acceptors (Lipinski definition) is 1. The molecule has 0 spiro atoms. The molecule has 0 aliphatic heterocycles. The van der Waals surface area contributed by atoms with Crippen LogP contribution in [0, 0.1) is 11.7 Å². The molecule has 1 rings (SSSR count). The zero-order chi connectivity index (χ0) is 12.0. The summed E-state index contributed by atoms with van der Waals surface area (Å²) in [7, 11) is 0. The van der Waals surface area contributed by atoms with E-state index < -0.39 is 0 Å². The molecule has 0 unspecified atom stereocenters. The van der Waals surface area contributed by atoms with Crippen molar-refractivity contribution >= 4 is 0 Å². The molecule has 90 valence electrons. The number of nitrogens with one attached hydrogen (secondary N) is 1. The highest BCUT2D eigenvalue weighted by molar-refractivity contribution is 5.19. The molecule has 0 aliphatic rings. The lowest BCUT2D eigenvalue weighted by Gasteiger charge is -2.14. The van der Waals surface area contributed by atoms with Crippen LogP contribution < -0.4 is 5.32 Å². The minimum absolute atomic E-state index is 0.171. The second-order valence-corrected chi connectivity index (χ2v) is 4.76. The van der Waals surface area contributed by atoms with Gasteiger partial charge in [0.2, 0.25) is 0 Å². The van der Waals surface area contributed by atoms with Crippen molar-refractivity contribution < 1.29 is 4.39 Å². The van der Waals surface area contributed by atoms with Crippen molar-refractivity contribution in [1.82, 2.24) is 5.32 Å². The zero-order valence-corrected chi connectivity index (χ0v) is 10.5. The lowest BCUT2D eigenvalue weighted by Crippen LogP contribution is -2.20. The average Bonchev–Trinajstić information content (AvgIpc) is 2.25. The summed E-state index contributed by atoms with van der Waals surface area (Å²) >= 11 is 0. The van der Waals surface area contributed by atoms with Crippen molar-refractivity contribution in [3.05, 3.63) is 35.6 Å². The Balaban J connectivity index is 2.29. The fourth-order valence-electron chi connectivity index (χ4n) is 1.70. The van der Waals surface area contributed by atoms with Crippen LogP contribution in [0.5, 0.6) is 0 Å². The Morgan fingerprint density at radius 2 is 1.75 bits per heavy atom. The Labute approximate surface area is 98.1 Å². The SMILES string of the molecule is CC(C)CCCN[C@@H](C)c1ccc(F)cc1. The number of benzene rings is 1. The first-order chi connectivity index (χ1) is 7.59. The van der Waals surface area contributed by atoms with Gasteiger partial charge in [0, 0.05) is 6.04 Å². The second kappa shape index (κ2) is 6.64.